The zero-order chi connectivity index (χ0) is 31.3. The summed E-state index contributed by atoms with van der Waals surface area (Å²) in [5.41, 5.74) is 17.5. The van der Waals surface area contributed by atoms with Crippen LogP contribution in [-0.4, -0.2) is 4.57 Å². The summed E-state index contributed by atoms with van der Waals surface area (Å²) < 4.78 is 8.64. The highest BCUT2D eigenvalue weighted by Gasteiger charge is 2.31. The van der Waals surface area contributed by atoms with Crippen molar-refractivity contribution in [3.63, 3.8) is 0 Å². The molecule has 0 bridgehead atoms. The second-order valence-corrected chi connectivity index (χ2v) is 13.2. The fraction of sp³-hybridized carbons (Fsp3) is 0.0435. The van der Waals surface area contributed by atoms with E-state index in [1.165, 1.54) is 71.9 Å². The van der Waals surface area contributed by atoms with Crippen LogP contribution in [0.15, 0.2) is 167 Å². The van der Waals surface area contributed by atoms with Gasteiger partial charge in [0.1, 0.15) is 11.2 Å². The first-order valence-corrected chi connectivity index (χ1v) is 16.8. The Labute approximate surface area is 277 Å². The van der Waals surface area contributed by atoms with Crippen molar-refractivity contribution in [1.82, 2.24) is 4.57 Å². The molecule has 0 N–H and O–H groups in total. The van der Waals surface area contributed by atoms with Crippen LogP contribution >= 0.6 is 0 Å². The van der Waals surface area contributed by atoms with E-state index in [9.17, 15) is 0 Å². The lowest BCUT2D eigenvalue weighted by atomic mass is 9.70. The third kappa shape index (κ3) is 3.63. The van der Waals surface area contributed by atoms with E-state index in [4.69, 9.17) is 4.42 Å². The molecular weight excluding hydrogens is 583 g/mol. The Morgan fingerprint density at radius 1 is 0.562 bits per heavy atom. The van der Waals surface area contributed by atoms with Crippen molar-refractivity contribution < 1.29 is 4.42 Å². The lowest BCUT2D eigenvalue weighted by Gasteiger charge is -2.34. The van der Waals surface area contributed by atoms with Crippen LogP contribution in [0, 0.1) is 0 Å². The molecule has 1 atom stereocenters. The van der Waals surface area contributed by atoms with E-state index in [0.29, 0.717) is 5.92 Å². The molecule has 6 aromatic carbocycles. The Morgan fingerprint density at radius 2 is 1.35 bits per heavy atom. The van der Waals surface area contributed by atoms with Crippen molar-refractivity contribution in [2.45, 2.75) is 12.3 Å². The highest BCUT2D eigenvalue weighted by molar-refractivity contribution is 6.11. The topological polar surface area (TPSA) is 18.1 Å². The Kier molecular flexibility index (Phi) is 5.25. The minimum absolute atomic E-state index is 0.368. The SMILES string of the molecule is C1=CC2=CCc3c(-c4ccc(-c5ccc6c(c5)c5ccccc5n6-c5ccc6c(c5)oc5ccccc56)cc4)ccc4c3C2C(=C1)C=C4. The smallest absolute Gasteiger partial charge is 0.137 e. The normalized spacial score (nSPS) is 16.1. The van der Waals surface area contributed by atoms with Gasteiger partial charge in [-0.2, -0.15) is 0 Å². The summed E-state index contributed by atoms with van der Waals surface area (Å²) >= 11 is 0. The predicted molar refractivity (Wildman–Crippen MR) is 200 cm³/mol. The molecule has 2 heteroatoms. The van der Waals surface area contributed by atoms with Gasteiger partial charge < -0.3 is 8.98 Å². The van der Waals surface area contributed by atoms with Crippen LogP contribution in [0.1, 0.15) is 22.6 Å². The first-order chi connectivity index (χ1) is 23.8. The maximum atomic E-state index is 6.28. The van der Waals surface area contributed by atoms with Crippen LogP contribution in [0.3, 0.4) is 0 Å². The third-order valence-corrected chi connectivity index (χ3v) is 10.7. The molecule has 1 unspecified atom stereocenters. The van der Waals surface area contributed by atoms with E-state index >= 15 is 0 Å². The van der Waals surface area contributed by atoms with Crippen LogP contribution < -0.4 is 0 Å². The number of fused-ring (bicyclic) bond motifs is 6. The van der Waals surface area contributed by atoms with E-state index in [0.717, 1.165) is 34.0 Å². The molecule has 48 heavy (non-hydrogen) atoms. The van der Waals surface area contributed by atoms with Gasteiger partial charge in [0.05, 0.1) is 11.0 Å². The van der Waals surface area contributed by atoms with Crippen molar-refractivity contribution in [2.75, 3.05) is 0 Å². The number of hydrogen-bond acceptors (Lipinski definition) is 1. The van der Waals surface area contributed by atoms with Gasteiger partial charge in [-0.1, -0.05) is 115 Å². The number of rotatable bonds is 3. The monoisotopic (exact) mass is 611 g/mol. The Morgan fingerprint density at radius 3 is 2.29 bits per heavy atom. The quantitative estimate of drug-likeness (QED) is 0.194. The number of benzene rings is 6. The van der Waals surface area contributed by atoms with Gasteiger partial charge in [-0.05, 0) is 92.9 Å². The van der Waals surface area contributed by atoms with Gasteiger partial charge in [0, 0.05) is 39.2 Å². The lowest BCUT2D eigenvalue weighted by molar-refractivity contribution is 0.668. The Hall–Kier alpha value is -6.12. The minimum Gasteiger partial charge on any atom is -0.456 e. The van der Waals surface area contributed by atoms with Gasteiger partial charge in [0.2, 0.25) is 0 Å². The highest BCUT2D eigenvalue weighted by atomic mass is 16.3. The van der Waals surface area contributed by atoms with E-state index in [1.54, 1.807) is 0 Å². The summed E-state index contributed by atoms with van der Waals surface area (Å²) in [6.07, 6.45) is 14.7. The Balaban J connectivity index is 1.00. The fourth-order valence-corrected chi connectivity index (χ4v) is 8.52. The molecule has 3 aliphatic carbocycles. The number of hydrogen-bond donors (Lipinski definition) is 0. The Bertz CT molecular complexity index is 2790. The maximum absolute atomic E-state index is 6.28. The van der Waals surface area contributed by atoms with Crippen molar-refractivity contribution in [3.05, 3.63) is 180 Å². The molecule has 0 saturated heterocycles. The number of furan rings is 1. The summed E-state index contributed by atoms with van der Waals surface area (Å²) in [7, 11) is 0. The average Bonchev–Trinajstić information content (AvgIpc) is 3.69. The van der Waals surface area contributed by atoms with Crippen LogP contribution in [0.4, 0.5) is 0 Å². The number of nitrogens with zero attached hydrogens (tertiary/aromatic N) is 1. The number of aromatic nitrogens is 1. The molecule has 0 aliphatic heterocycles. The summed E-state index contributed by atoms with van der Waals surface area (Å²) in [6.45, 7) is 0. The predicted octanol–water partition coefficient (Wildman–Crippen LogP) is 12.1. The van der Waals surface area contributed by atoms with E-state index in [2.05, 4.69) is 150 Å². The second kappa shape index (κ2) is 9.70. The summed E-state index contributed by atoms with van der Waals surface area (Å²) in [5, 5.41) is 4.79. The van der Waals surface area contributed by atoms with Crippen molar-refractivity contribution in [3.8, 4) is 27.9 Å². The third-order valence-electron chi connectivity index (χ3n) is 10.7. The highest BCUT2D eigenvalue weighted by Crippen LogP contribution is 2.48. The summed E-state index contributed by atoms with van der Waals surface area (Å²) in [4.78, 5) is 0. The zero-order valence-electron chi connectivity index (χ0n) is 26.2. The van der Waals surface area contributed by atoms with Gasteiger partial charge in [0.15, 0.2) is 0 Å². The molecule has 3 aliphatic rings. The van der Waals surface area contributed by atoms with E-state index in [-0.39, 0.29) is 0 Å². The van der Waals surface area contributed by atoms with Gasteiger partial charge in [0.25, 0.3) is 0 Å². The minimum atomic E-state index is 0.368. The van der Waals surface area contributed by atoms with E-state index < -0.39 is 0 Å². The zero-order valence-corrected chi connectivity index (χ0v) is 26.2. The first-order valence-electron chi connectivity index (χ1n) is 16.8. The fourth-order valence-electron chi connectivity index (χ4n) is 8.52. The average molecular weight is 612 g/mol. The molecule has 0 amide bonds. The van der Waals surface area contributed by atoms with Crippen molar-refractivity contribution >= 4 is 49.8 Å². The standard InChI is InChI=1S/C46H29NO/c1-3-10-41-36(8-1)40-26-33(20-25-42(40)47(41)34-21-24-38-37-9-2-4-11-43(37)48-44(38)27-34)28-12-14-29(15-13-28)35-22-18-32-17-16-30-6-5-7-31-19-23-39(35)46(32)45(30)31/h1-22,24-27,45H,23H2. The lowest BCUT2D eigenvalue weighted by Crippen LogP contribution is -2.18. The number of para-hydroxylation sites is 2. The van der Waals surface area contributed by atoms with Crippen LogP contribution in [0.2, 0.25) is 0 Å². The molecule has 2 aromatic heterocycles. The molecule has 2 nitrogen and oxygen atoms in total. The van der Waals surface area contributed by atoms with Gasteiger partial charge >= 0.3 is 0 Å². The van der Waals surface area contributed by atoms with Crippen LogP contribution in [0.25, 0.3) is 77.8 Å². The molecule has 0 spiro atoms. The largest absolute Gasteiger partial charge is 0.456 e. The summed E-state index contributed by atoms with van der Waals surface area (Å²) in [6, 6.07) is 44.3. The molecule has 0 fully saturated rings. The summed E-state index contributed by atoms with van der Waals surface area (Å²) in [5.74, 6) is 0.368. The molecular formula is C46H29NO. The number of allylic oxidation sites excluding steroid dienone is 7. The molecule has 8 aromatic rings. The molecule has 2 heterocycles. The molecule has 0 saturated carbocycles. The van der Waals surface area contributed by atoms with Gasteiger partial charge in [-0.15, -0.1) is 0 Å². The first kappa shape index (κ1) is 26.0. The molecule has 11 rings (SSSR count). The second-order valence-electron chi connectivity index (χ2n) is 13.2. The van der Waals surface area contributed by atoms with Crippen molar-refractivity contribution in [1.29, 1.82) is 0 Å². The van der Waals surface area contributed by atoms with Crippen LogP contribution in [-0.2, 0) is 6.42 Å². The molecule has 0 radical (unpaired) electrons. The van der Waals surface area contributed by atoms with Gasteiger partial charge in [-0.3, -0.25) is 0 Å². The maximum Gasteiger partial charge on any atom is 0.137 e. The van der Waals surface area contributed by atoms with E-state index in [1.807, 2.05) is 12.1 Å². The van der Waals surface area contributed by atoms with Crippen LogP contribution in [0.5, 0.6) is 0 Å². The molecule has 224 valence electrons. The van der Waals surface area contributed by atoms with Crippen molar-refractivity contribution in [2.24, 2.45) is 0 Å². The van der Waals surface area contributed by atoms with Gasteiger partial charge in [-0.25, -0.2) is 0 Å².